The van der Waals surface area contributed by atoms with Gasteiger partial charge in [0.1, 0.15) is 0 Å². The Hall–Kier alpha value is -2.13. The molecule has 0 aliphatic carbocycles. The Balaban J connectivity index is 2.00. The zero-order valence-electron chi connectivity index (χ0n) is 13.8. The molecule has 1 amide bonds. The number of hydrogen-bond acceptors (Lipinski definition) is 6. The number of ether oxygens (including phenoxy) is 1. The molecular formula is C16H20N2O6S. The molecule has 1 fully saturated rings. The van der Waals surface area contributed by atoms with E-state index in [0.29, 0.717) is 26.1 Å². The SMILES string of the molecule is CC(Sc1ccc([N+](=O)[O-])cc1)C(=O)NC1(CC(=O)O)CCOCC1. The van der Waals surface area contributed by atoms with Crippen LogP contribution in [0.15, 0.2) is 29.2 Å². The average Bonchev–Trinajstić information content (AvgIpc) is 2.55. The summed E-state index contributed by atoms with van der Waals surface area (Å²) >= 11 is 1.26. The van der Waals surface area contributed by atoms with Gasteiger partial charge in [-0.25, -0.2) is 0 Å². The third-order valence-electron chi connectivity index (χ3n) is 4.06. The van der Waals surface area contributed by atoms with Crippen molar-refractivity contribution in [3.8, 4) is 0 Å². The van der Waals surface area contributed by atoms with Crippen LogP contribution in [-0.2, 0) is 14.3 Å². The number of amides is 1. The van der Waals surface area contributed by atoms with Crippen molar-refractivity contribution in [3.05, 3.63) is 34.4 Å². The summed E-state index contributed by atoms with van der Waals surface area (Å²) < 4.78 is 5.27. The van der Waals surface area contributed by atoms with E-state index in [9.17, 15) is 19.7 Å². The number of non-ortho nitro benzene ring substituents is 1. The molecule has 1 aromatic rings. The highest BCUT2D eigenvalue weighted by Gasteiger charge is 2.37. The van der Waals surface area contributed by atoms with Gasteiger partial charge in [-0.05, 0) is 31.9 Å². The van der Waals surface area contributed by atoms with Gasteiger partial charge < -0.3 is 15.2 Å². The second-order valence-electron chi connectivity index (χ2n) is 5.96. The minimum Gasteiger partial charge on any atom is -0.481 e. The van der Waals surface area contributed by atoms with Gasteiger partial charge in [-0.1, -0.05) is 0 Å². The van der Waals surface area contributed by atoms with Crippen LogP contribution in [0.4, 0.5) is 5.69 Å². The predicted octanol–water partition coefficient (Wildman–Crippen LogP) is 2.22. The van der Waals surface area contributed by atoms with Crippen molar-refractivity contribution in [1.82, 2.24) is 5.32 Å². The Labute approximate surface area is 149 Å². The van der Waals surface area contributed by atoms with Gasteiger partial charge in [-0.15, -0.1) is 11.8 Å². The first-order chi connectivity index (χ1) is 11.8. The molecule has 0 radical (unpaired) electrons. The first kappa shape index (κ1) is 19.2. The summed E-state index contributed by atoms with van der Waals surface area (Å²) in [6, 6.07) is 5.96. The molecular weight excluding hydrogens is 348 g/mol. The van der Waals surface area contributed by atoms with E-state index < -0.39 is 21.7 Å². The van der Waals surface area contributed by atoms with Gasteiger partial charge >= 0.3 is 5.97 Å². The number of carboxylic acid groups (broad SMARTS) is 1. The molecule has 0 bridgehead atoms. The van der Waals surface area contributed by atoms with Crippen molar-refractivity contribution in [2.45, 2.75) is 41.9 Å². The van der Waals surface area contributed by atoms with Crippen molar-refractivity contribution in [2.24, 2.45) is 0 Å². The normalized spacial score (nSPS) is 17.5. The molecule has 1 saturated heterocycles. The van der Waals surface area contributed by atoms with Crippen LogP contribution in [0.2, 0.25) is 0 Å². The second-order valence-corrected chi connectivity index (χ2v) is 7.38. The molecule has 1 aromatic carbocycles. The Morgan fingerprint density at radius 3 is 2.48 bits per heavy atom. The highest BCUT2D eigenvalue weighted by Crippen LogP contribution is 2.28. The fraction of sp³-hybridized carbons (Fsp3) is 0.500. The van der Waals surface area contributed by atoms with Crippen molar-refractivity contribution in [1.29, 1.82) is 0 Å². The molecule has 9 heteroatoms. The maximum absolute atomic E-state index is 12.5. The molecule has 2 N–H and O–H groups in total. The molecule has 25 heavy (non-hydrogen) atoms. The third kappa shape index (κ3) is 5.43. The van der Waals surface area contributed by atoms with Crippen LogP contribution in [0.25, 0.3) is 0 Å². The van der Waals surface area contributed by atoms with Crippen LogP contribution in [0.3, 0.4) is 0 Å². The van der Waals surface area contributed by atoms with Gasteiger partial charge in [0.05, 0.1) is 22.1 Å². The van der Waals surface area contributed by atoms with Crippen LogP contribution in [0.1, 0.15) is 26.2 Å². The molecule has 0 aromatic heterocycles. The first-order valence-electron chi connectivity index (χ1n) is 7.84. The maximum atomic E-state index is 12.5. The number of carbonyl (C=O) groups is 2. The van der Waals surface area contributed by atoms with Crippen molar-refractivity contribution in [2.75, 3.05) is 13.2 Å². The minimum absolute atomic E-state index is 0.0101. The molecule has 1 aliphatic rings. The fourth-order valence-corrected chi connectivity index (χ4v) is 3.53. The lowest BCUT2D eigenvalue weighted by Crippen LogP contribution is -2.54. The number of nitrogens with one attached hydrogen (secondary N) is 1. The monoisotopic (exact) mass is 368 g/mol. The maximum Gasteiger partial charge on any atom is 0.305 e. The van der Waals surface area contributed by atoms with Gasteiger partial charge in [0.2, 0.25) is 5.91 Å². The van der Waals surface area contributed by atoms with E-state index in [1.807, 2.05) is 0 Å². The lowest BCUT2D eigenvalue weighted by molar-refractivity contribution is -0.384. The Morgan fingerprint density at radius 2 is 1.96 bits per heavy atom. The van der Waals surface area contributed by atoms with Crippen molar-refractivity contribution >= 4 is 29.3 Å². The number of hydrogen-bond donors (Lipinski definition) is 2. The summed E-state index contributed by atoms with van der Waals surface area (Å²) in [5.41, 5.74) is -0.796. The van der Waals surface area contributed by atoms with Crippen LogP contribution in [0.5, 0.6) is 0 Å². The van der Waals surface area contributed by atoms with E-state index in [1.165, 1.54) is 23.9 Å². The molecule has 1 unspecified atom stereocenters. The fourth-order valence-electron chi connectivity index (χ4n) is 2.66. The number of nitro benzene ring substituents is 1. The summed E-state index contributed by atoms with van der Waals surface area (Å²) in [6.07, 6.45) is 0.775. The Morgan fingerprint density at radius 1 is 1.36 bits per heavy atom. The quantitative estimate of drug-likeness (QED) is 0.430. The summed E-state index contributed by atoms with van der Waals surface area (Å²) in [4.78, 5) is 34.6. The van der Waals surface area contributed by atoms with E-state index in [4.69, 9.17) is 9.84 Å². The summed E-state index contributed by atoms with van der Waals surface area (Å²) in [5.74, 6) is -1.22. The number of rotatable bonds is 7. The molecule has 136 valence electrons. The number of thioether (sulfide) groups is 1. The van der Waals surface area contributed by atoms with E-state index in [0.717, 1.165) is 4.90 Å². The topological polar surface area (TPSA) is 119 Å². The number of nitro groups is 1. The molecule has 1 heterocycles. The first-order valence-corrected chi connectivity index (χ1v) is 8.72. The molecule has 0 saturated carbocycles. The largest absolute Gasteiger partial charge is 0.481 e. The number of carboxylic acids is 1. The third-order valence-corrected chi connectivity index (χ3v) is 5.17. The van der Waals surface area contributed by atoms with E-state index in [2.05, 4.69) is 5.32 Å². The van der Waals surface area contributed by atoms with Gasteiger partial charge in [0.25, 0.3) is 5.69 Å². The zero-order valence-corrected chi connectivity index (χ0v) is 14.6. The minimum atomic E-state index is -0.960. The van der Waals surface area contributed by atoms with Crippen molar-refractivity contribution < 1.29 is 24.4 Å². The Kier molecular flexibility index (Phi) is 6.38. The number of carbonyl (C=O) groups excluding carboxylic acids is 1. The number of nitrogens with zero attached hydrogens (tertiary/aromatic N) is 1. The van der Waals surface area contributed by atoms with E-state index >= 15 is 0 Å². The van der Waals surface area contributed by atoms with Gasteiger partial charge in [-0.2, -0.15) is 0 Å². The molecule has 1 aliphatic heterocycles. The van der Waals surface area contributed by atoms with Crippen LogP contribution >= 0.6 is 11.8 Å². The van der Waals surface area contributed by atoms with Gasteiger partial charge in [-0.3, -0.25) is 19.7 Å². The predicted molar refractivity (Wildman–Crippen MR) is 91.6 cm³/mol. The second kappa shape index (κ2) is 8.30. The molecule has 0 spiro atoms. The smallest absolute Gasteiger partial charge is 0.305 e. The lowest BCUT2D eigenvalue weighted by atomic mass is 9.86. The van der Waals surface area contributed by atoms with Gasteiger partial charge in [0, 0.05) is 30.2 Å². The van der Waals surface area contributed by atoms with E-state index in [-0.39, 0.29) is 18.0 Å². The molecule has 2 rings (SSSR count). The van der Waals surface area contributed by atoms with E-state index in [1.54, 1.807) is 19.1 Å². The Bertz CT molecular complexity index is 643. The van der Waals surface area contributed by atoms with Gasteiger partial charge in [0.15, 0.2) is 0 Å². The highest BCUT2D eigenvalue weighted by atomic mass is 32.2. The lowest BCUT2D eigenvalue weighted by Gasteiger charge is -2.37. The summed E-state index contributed by atoms with van der Waals surface area (Å²) in [5, 5.41) is 22.2. The highest BCUT2D eigenvalue weighted by molar-refractivity contribution is 8.00. The zero-order chi connectivity index (χ0) is 18.4. The number of benzene rings is 1. The summed E-state index contributed by atoms with van der Waals surface area (Å²) in [6.45, 7) is 2.55. The van der Waals surface area contributed by atoms with Crippen LogP contribution < -0.4 is 5.32 Å². The number of aliphatic carboxylic acids is 1. The molecule has 8 nitrogen and oxygen atoms in total. The summed E-state index contributed by atoms with van der Waals surface area (Å²) in [7, 11) is 0. The standard InChI is InChI=1S/C16H20N2O6S/c1-11(25-13-4-2-12(3-5-13)18(22)23)15(21)17-16(10-14(19)20)6-8-24-9-7-16/h2-5,11H,6-10H2,1H3,(H,17,21)(H,19,20). The van der Waals surface area contributed by atoms with Crippen LogP contribution in [0, 0.1) is 10.1 Å². The van der Waals surface area contributed by atoms with Crippen molar-refractivity contribution in [3.63, 3.8) is 0 Å². The molecule has 1 atom stereocenters. The average molecular weight is 368 g/mol. The van der Waals surface area contributed by atoms with Crippen LogP contribution in [-0.4, -0.2) is 45.9 Å².